The van der Waals surface area contributed by atoms with Crippen LogP contribution in [0.15, 0.2) is 59.7 Å². The Morgan fingerprint density at radius 1 is 1.23 bits per heavy atom. The molecular formula is C26H33FO4. The van der Waals surface area contributed by atoms with E-state index < -0.39 is 11.4 Å². The fraction of sp³-hybridized carbons (Fsp3) is 0.423. The third-order valence-corrected chi connectivity index (χ3v) is 5.66. The van der Waals surface area contributed by atoms with Crippen LogP contribution >= 0.6 is 0 Å². The second kappa shape index (κ2) is 11.1. The summed E-state index contributed by atoms with van der Waals surface area (Å²) in [5, 5.41) is 0. The molecule has 0 N–H and O–H groups in total. The smallest absolute Gasteiger partial charge is 0.334 e. The SMILES string of the molecule is CCC=CC1(COCC=C(C)C)C(c2cc(OC)ccc2F)=CC=C(C(=O)OC)C1C. The van der Waals surface area contributed by atoms with E-state index >= 15 is 4.39 Å². The van der Waals surface area contributed by atoms with Crippen molar-refractivity contribution in [3.8, 4) is 5.75 Å². The van der Waals surface area contributed by atoms with E-state index in [1.807, 2.05) is 45.9 Å². The summed E-state index contributed by atoms with van der Waals surface area (Å²) in [6.45, 7) is 8.72. The molecule has 0 aromatic heterocycles. The molecule has 0 saturated heterocycles. The maximum absolute atomic E-state index is 15.0. The number of esters is 1. The Morgan fingerprint density at radius 3 is 2.58 bits per heavy atom. The number of hydrogen-bond acceptors (Lipinski definition) is 4. The van der Waals surface area contributed by atoms with E-state index in [2.05, 4.69) is 0 Å². The molecule has 0 spiro atoms. The second-order valence-electron chi connectivity index (χ2n) is 7.91. The molecule has 0 aliphatic heterocycles. The van der Waals surface area contributed by atoms with E-state index in [1.54, 1.807) is 31.4 Å². The molecule has 31 heavy (non-hydrogen) atoms. The zero-order valence-electron chi connectivity index (χ0n) is 19.3. The van der Waals surface area contributed by atoms with Crippen molar-refractivity contribution in [2.24, 2.45) is 11.3 Å². The van der Waals surface area contributed by atoms with Crippen molar-refractivity contribution in [1.82, 2.24) is 0 Å². The van der Waals surface area contributed by atoms with E-state index in [1.165, 1.54) is 13.2 Å². The van der Waals surface area contributed by atoms with Crippen LogP contribution in [0, 0.1) is 17.2 Å². The normalized spacial score (nSPS) is 20.8. The first kappa shape index (κ1) is 24.6. The number of carbonyl (C=O) groups excluding carboxylic acids is 1. The van der Waals surface area contributed by atoms with Crippen LogP contribution in [-0.4, -0.2) is 33.4 Å². The molecule has 0 heterocycles. The first-order chi connectivity index (χ1) is 14.8. The van der Waals surface area contributed by atoms with Crippen LogP contribution in [-0.2, 0) is 14.3 Å². The van der Waals surface area contributed by atoms with E-state index in [-0.39, 0.29) is 18.3 Å². The minimum atomic E-state index is -0.753. The Balaban J connectivity index is 2.68. The van der Waals surface area contributed by atoms with Crippen molar-refractivity contribution in [3.63, 3.8) is 0 Å². The average Bonchev–Trinajstić information content (AvgIpc) is 2.76. The maximum atomic E-state index is 15.0. The Morgan fingerprint density at radius 2 is 1.97 bits per heavy atom. The van der Waals surface area contributed by atoms with Gasteiger partial charge in [-0.25, -0.2) is 9.18 Å². The van der Waals surface area contributed by atoms with Crippen molar-refractivity contribution >= 4 is 11.5 Å². The van der Waals surface area contributed by atoms with Gasteiger partial charge in [0.25, 0.3) is 0 Å². The highest BCUT2D eigenvalue weighted by atomic mass is 19.1. The highest BCUT2D eigenvalue weighted by Crippen LogP contribution is 2.50. The molecule has 1 aliphatic carbocycles. The minimum absolute atomic E-state index is 0.283. The van der Waals surface area contributed by atoms with Gasteiger partial charge in [-0.15, -0.1) is 0 Å². The molecule has 0 fully saturated rings. The number of allylic oxidation sites excluding steroid dienone is 4. The van der Waals surface area contributed by atoms with Crippen LogP contribution in [0.25, 0.3) is 5.57 Å². The van der Waals surface area contributed by atoms with Gasteiger partial charge in [-0.1, -0.05) is 49.8 Å². The average molecular weight is 429 g/mol. The van der Waals surface area contributed by atoms with Gasteiger partial charge in [0.05, 0.1) is 27.4 Å². The highest BCUT2D eigenvalue weighted by Gasteiger charge is 2.44. The molecule has 1 aliphatic rings. The number of rotatable bonds is 9. The number of carbonyl (C=O) groups is 1. The van der Waals surface area contributed by atoms with Gasteiger partial charge in [0, 0.05) is 22.5 Å². The molecular weight excluding hydrogens is 395 g/mol. The Hall–Kier alpha value is -2.66. The Labute approximate surface area is 185 Å². The van der Waals surface area contributed by atoms with Gasteiger partial charge in [0.1, 0.15) is 11.6 Å². The monoisotopic (exact) mass is 428 g/mol. The summed E-state index contributed by atoms with van der Waals surface area (Å²) < 4.78 is 31.4. The molecule has 2 unspecified atom stereocenters. The molecule has 0 bridgehead atoms. The first-order valence-electron chi connectivity index (χ1n) is 10.5. The first-order valence-corrected chi connectivity index (χ1v) is 10.5. The molecule has 2 rings (SSSR count). The van der Waals surface area contributed by atoms with Crippen LogP contribution in [0.5, 0.6) is 5.75 Å². The van der Waals surface area contributed by atoms with Gasteiger partial charge in [-0.3, -0.25) is 0 Å². The lowest BCUT2D eigenvalue weighted by molar-refractivity contribution is -0.137. The van der Waals surface area contributed by atoms with Crippen LogP contribution in [0.3, 0.4) is 0 Å². The quantitative estimate of drug-likeness (QED) is 0.279. The molecule has 2 atom stereocenters. The molecule has 0 radical (unpaired) electrons. The molecule has 1 aromatic rings. The lowest BCUT2D eigenvalue weighted by Crippen LogP contribution is -2.38. The molecule has 5 heteroatoms. The number of ether oxygens (including phenoxy) is 3. The van der Waals surface area contributed by atoms with Crippen molar-refractivity contribution in [3.05, 3.63) is 71.1 Å². The van der Waals surface area contributed by atoms with Gasteiger partial charge in [-0.2, -0.15) is 0 Å². The van der Waals surface area contributed by atoms with Crippen molar-refractivity contribution < 1.29 is 23.4 Å². The van der Waals surface area contributed by atoms with Crippen molar-refractivity contribution in [1.29, 1.82) is 0 Å². The van der Waals surface area contributed by atoms with Gasteiger partial charge in [-0.05, 0) is 44.0 Å². The molecule has 0 amide bonds. The summed E-state index contributed by atoms with van der Waals surface area (Å²) in [4.78, 5) is 12.5. The molecule has 1 aromatic carbocycles. The van der Waals surface area contributed by atoms with Gasteiger partial charge in [0.15, 0.2) is 0 Å². The lowest BCUT2D eigenvalue weighted by Gasteiger charge is -2.42. The Bertz CT molecular complexity index is 906. The van der Waals surface area contributed by atoms with E-state index in [9.17, 15) is 4.79 Å². The standard InChI is InChI=1S/C26H33FO4/c1-7-8-14-26(17-31-15-13-18(2)3)19(4)21(25(28)30-6)10-11-23(26)22-16-20(29-5)9-12-24(22)27/h8-14,16,19H,7,15,17H2,1-6H3. The lowest BCUT2D eigenvalue weighted by atomic mass is 9.63. The van der Waals surface area contributed by atoms with Crippen molar-refractivity contribution in [2.75, 3.05) is 27.4 Å². The fourth-order valence-electron chi connectivity index (χ4n) is 3.79. The van der Waals surface area contributed by atoms with Crippen molar-refractivity contribution in [2.45, 2.75) is 34.1 Å². The summed E-state index contributed by atoms with van der Waals surface area (Å²) in [6.07, 6.45) is 10.4. The summed E-state index contributed by atoms with van der Waals surface area (Å²) >= 11 is 0. The van der Waals surface area contributed by atoms with E-state index in [4.69, 9.17) is 14.2 Å². The zero-order chi connectivity index (χ0) is 23.0. The van der Waals surface area contributed by atoms with Crippen LogP contribution in [0.4, 0.5) is 4.39 Å². The Kier molecular flexibility index (Phi) is 8.81. The number of halogens is 1. The van der Waals surface area contributed by atoms with E-state index in [0.29, 0.717) is 23.5 Å². The summed E-state index contributed by atoms with van der Waals surface area (Å²) in [5.74, 6) is -0.480. The topological polar surface area (TPSA) is 44.8 Å². The largest absolute Gasteiger partial charge is 0.497 e. The number of hydrogen-bond donors (Lipinski definition) is 0. The van der Waals surface area contributed by atoms with Crippen LogP contribution in [0.2, 0.25) is 0 Å². The molecule has 168 valence electrons. The third kappa shape index (κ3) is 5.53. The maximum Gasteiger partial charge on any atom is 0.334 e. The van der Waals surface area contributed by atoms with E-state index in [0.717, 1.165) is 17.6 Å². The summed E-state index contributed by atoms with van der Waals surface area (Å²) in [7, 11) is 2.92. The number of methoxy groups -OCH3 is 2. The second-order valence-corrected chi connectivity index (χ2v) is 7.91. The number of benzene rings is 1. The zero-order valence-corrected chi connectivity index (χ0v) is 19.3. The van der Waals surface area contributed by atoms with Crippen LogP contribution in [0.1, 0.15) is 39.7 Å². The summed E-state index contributed by atoms with van der Waals surface area (Å²) in [5.41, 5.74) is 2.10. The third-order valence-electron chi connectivity index (χ3n) is 5.66. The van der Waals surface area contributed by atoms with Gasteiger partial charge < -0.3 is 14.2 Å². The summed E-state index contributed by atoms with van der Waals surface area (Å²) in [6, 6.07) is 4.68. The van der Waals surface area contributed by atoms with Gasteiger partial charge >= 0.3 is 5.97 Å². The molecule has 0 saturated carbocycles. The fourth-order valence-corrected chi connectivity index (χ4v) is 3.79. The van der Waals surface area contributed by atoms with Gasteiger partial charge in [0.2, 0.25) is 0 Å². The molecule has 4 nitrogen and oxygen atoms in total. The van der Waals surface area contributed by atoms with Crippen LogP contribution < -0.4 is 4.74 Å². The minimum Gasteiger partial charge on any atom is -0.497 e. The predicted octanol–water partition coefficient (Wildman–Crippen LogP) is 5.90. The predicted molar refractivity (Wildman–Crippen MR) is 122 cm³/mol. The highest BCUT2D eigenvalue weighted by molar-refractivity contribution is 5.93.